The van der Waals surface area contributed by atoms with Crippen molar-refractivity contribution in [2.24, 2.45) is 0 Å². The highest BCUT2D eigenvalue weighted by Crippen LogP contribution is 2.32. The maximum Gasteiger partial charge on any atom is 0.0842 e. The predicted octanol–water partition coefficient (Wildman–Crippen LogP) is 4.31. The lowest BCUT2D eigenvalue weighted by Crippen LogP contribution is -2.36. The van der Waals surface area contributed by atoms with E-state index in [4.69, 9.17) is 23.2 Å². The summed E-state index contributed by atoms with van der Waals surface area (Å²) in [6, 6.07) is 15.0. The summed E-state index contributed by atoms with van der Waals surface area (Å²) in [5.74, 6) is 0. The van der Waals surface area contributed by atoms with Crippen LogP contribution in [0.1, 0.15) is 12.5 Å². The molecule has 0 aliphatic rings. The number of aliphatic hydroxyl groups excluding tert-OH is 1. The van der Waals surface area contributed by atoms with Crippen molar-refractivity contribution < 1.29 is 5.11 Å². The van der Waals surface area contributed by atoms with Gasteiger partial charge in [-0.2, -0.15) is 0 Å². The minimum Gasteiger partial charge on any atom is -0.394 e. The van der Waals surface area contributed by atoms with E-state index in [0.717, 1.165) is 11.3 Å². The molecule has 4 heteroatoms. The zero-order valence-corrected chi connectivity index (χ0v) is 12.0. The van der Waals surface area contributed by atoms with Gasteiger partial charge in [-0.1, -0.05) is 47.5 Å². The van der Waals surface area contributed by atoms with Crippen LogP contribution in [0.25, 0.3) is 0 Å². The Morgan fingerprint density at radius 2 is 1.79 bits per heavy atom. The summed E-state index contributed by atoms with van der Waals surface area (Å²) in [5.41, 5.74) is 1.07. The van der Waals surface area contributed by atoms with E-state index in [9.17, 15) is 5.11 Å². The average Bonchev–Trinajstić information content (AvgIpc) is 2.39. The normalized spacial score (nSPS) is 13.9. The number of benzene rings is 2. The molecule has 19 heavy (non-hydrogen) atoms. The molecule has 0 saturated carbocycles. The van der Waals surface area contributed by atoms with Crippen molar-refractivity contribution in [3.05, 3.63) is 64.1 Å². The van der Waals surface area contributed by atoms with Crippen LogP contribution in [0, 0.1) is 0 Å². The fourth-order valence-corrected chi connectivity index (χ4v) is 2.59. The Labute approximate surface area is 123 Å². The van der Waals surface area contributed by atoms with Gasteiger partial charge in [0.2, 0.25) is 0 Å². The third-order valence-corrected chi connectivity index (χ3v) is 3.58. The quantitative estimate of drug-likeness (QED) is 0.881. The van der Waals surface area contributed by atoms with Gasteiger partial charge in [0.1, 0.15) is 0 Å². The highest BCUT2D eigenvalue weighted by molar-refractivity contribution is 6.35. The first kappa shape index (κ1) is 14.2. The molecule has 0 fully saturated rings. The molecule has 0 aliphatic carbocycles. The first-order chi connectivity index (χ1) is 9.05. The van der Waals surface area contributed by atoms with Crippen molar-refractivity contribution in [1.82, 2.24) is 0 Å². The second-order valence-corrected chi connectivity index (χ2v) is 5.45. The smallest absolute Gasteiger partial charge is 0.0842 e. The number of hydrogen-bond donors (Lipinski definition) is 2. The molecule has 100 valence electrons. The van der Waals surface area contributed by atoms with Crippen LogP contribution in [0.2, 0.25) is 10.0 Å². The van der Waals surface area contributed by atoms with Gasteiger partial charge in [0.25, 0.3) is 0 Å². The van der Waals surface area contributed by atoms with E-state index in [1.54, 1.807) is 12.1 Å². The minimum atomic E-state index is -0.664. The summed E-state index contributed by atoms with van der Waals surface area (Å²) >= 11 is 12.1. The Kier molecular flexibility index (Phi) is 4.35. The molecule has 1 atom stereocenters. The molecule has 2 aromatic rings. The fraction of sp³-hybridized carbons (Fsp3) is 0.200. The second kappa shape index (κ2) is 5.83. The number of aliphatic hydroxyl groups is 1. The number of para-hydroxylation sites is 1. The van der Waals surface area contributed by atoms with Crippen LogP contribution in [-0.2, 0) is 5.54 Å². The largest absolute Gasteiger partial charge is 0.394 e. The summed E-state index contributed by atoms with van der Waals surface area (Å²) in [7, 11) is 0. The molecule has 1 unspecified atom stereocenters. The molecule has 2 rings (SSSR count). The van der Waals surface area contributed by atoms with Crippen molar-refractivity contribution in [3.63, 3.8) is 0 Å². The monoisotopic (exact) mass is 295 g/mol. The van der Waals surface area contributed by atoms with Gasteiger partial charge in [-0.25, -0.2) is 0 Å². The number of nitrogens with one attached hydrogen (secondary N) is 1. The molecule has 0 heterocycles. The zero-order valence-electron chi connectivity index (χ0n) is 10.5. The number of halogens is 2. The first-order valence-electron chi connectivity index (χ1n) is 5.95. The molecular weight excluding hydrogens is 281 g/mol. The molecule has 2 nitrogen and oxygen atoms in total. The lowest BCUT2D eigenvalue weighted by molar-refractivity contribution is 0.224. The van der Waals surface area contributed by atoms with E-state index >= 15 is 0 Å². The van der Waals surface area contributed by atoms with Crippen molar-refractivity contribution >= 4 is 28.9 Å². The molecule has 0 aliphatic heterocycles. The van der Waals surface area contributed by atoms with E-state index in [1.807, 2.05) is 43.3 Å². The second-order valence-electron chi connectivity index (χ2n) is 4.61. The molecule has 0 saturated heterocycles. The Morgan fingerprint density at radius 1 is 1.11 bits per heavy atom. The summed E-state index contributed by atoms with van der Waals surface area (Å²) in [6.07, 6.45) is 0. The van der Waals surface area contributed by atoms with Gasteiger partial charge in [0.15, 0.2) is 0 Å². The Hall–Kier alpha value is -1.22. The summed E-state index contributed by atoms with van der Waals surface area (Å²) in [5, 5.41) is 14.2. The lowest BCUT2D eigenvalue weighted by atomic mass is 9.92. The van der Waals surface area contributed by atoms with Gasteiger partial charge >= 0.3 is 0 Å². The molecule has 0 bridgehead atoms. The Balaban J connectivity index is 2.36. The highest BCUT2D eigenvalue weighted by atomic mass is 35.5. The molecule has 0 spiro atoms. The van der Waals surface area contributed by atoms with Crippen molar-refractivity contribution in [2.45, 2.75) is 12.5 Å². The van der Waals surface area contributed by atoms with E-state index in [2.05, 4.69) is 5.32 Å². The molecular formula is C15H15Cl2NO. The standard InChI is InChI=1S/C15H15Cl2NO/c1-15(10-19,18-12-5-3-2-4-6-12)13-8-7-11(16)9-14(13)17/h2-9,18-19H,10H2,1H3. The summed E-state index contributed by atoms with van der Waals surface area (Å²) in [4.78, 5) is 0. The fourth-order valence-electron chi connectivity index (χ4n) is 1.97. The predicted molar refractivity (Wildman–Crippen MR) is 81.0 cm³/mol. The van der Waals surface area contributed by atoms with Crippen LogP contribution < -0.4 is 5.32 Å². The SMILES string of the molecule is CC(CO)(Nc1ccccc1)c1ccc(Cl)cc1Cl. The Bertz CT molecular complexity index is 559. The first-order valence-corrected chi connectivity index (χ1v) is 6.70. The van der Waals surface area contributed by atoms with Crippen LogP contribution in [0.4, 0.5) is 5.69 Å². The lowest BCUT2D eigenvalue weighted by Gasteiger charge is -2.31. The van der Waals surface area contributed by atoms with E-state index in [1.165, 1.54) is 0 Å². The topological polar surface area (TPSA) is 32.3 Å². The van der Waals surface area contributed by atoms with Crippen LogP contribution in [0.15, 0.2) is 48.5 Å². The van der Waals surface area contributed by atoms with Crippen LogP contribution >= 0.6 is 23.2 Å². The zero-order chi connectivity index (χ0) is 13.9. The van der Waals surface area contributed by atoms with E-state index in [-0.39, 0.29) is 6.61 Å². The molecule has 0 amide bonds. The van der Waals surface area contributed by atoms with Gasteiger partial charge in [-0.3, -0.25) is 0 Å². The van der Waals surface area contributed by atoms with Crippen molar-refractivity contribution in [3.8, 4) is 0 Å². The molecule has 2 aromatic carbocycles. The summed E-state index contributed by atoms with van der Waals surface area (Å²) < 4.78 is 0. The van der Waals surface area contributed by atoms with Gasteiger partial charge < -0.3 is 10.4 Å². The minimum absolute atomic E-state index is 0.0801. The van der Waals surface area contributed by atoms with Gasteiger partial charge in [0.05, 0.1) is 12.1 Å². The van der Waals surface area contributed by atoms with Gasteiger partial charge in [-0.15, -0.1) is 0 Å². The maximum absolute atomic E-state index is 9.74. The summed E-state index contributed by atoms with van der Waals surface area (Å²) in [6.45, 7) is 1.82. The van der Waals surface area contributed by atoms with E-state index in [0.29, 0.717) is 10.0 Å². The number of anilines is 1. The van der Waals surface area contributed by atoms with Crippen LogP contribution in [-0.4, -0.2) is 11.7 Å². The highest BCUT2D eigenvalue weighted by Gasteiger charge is 2.28. The van der Waals surface area contributed by atoms with E-state index < -0.39 is 5.54 Å². The number of rotatable bonds is 4. The number of hydrogen-bond acceptors (Lipinski definition) is 2. The van der Waals surface area contributed by atoms with Gasteiger partial charge in [0, 0.05) is 15.7 Å². The molecule has 0 aromatic heterocycles. The molecule has 0 radical (unpaired) electrons. The van der Waals surface area contributed by atoms with Crippen molar-refractivity contribution in [2.75, 3.05) is 11.9 Å². The molecule has 2 N–H and O–H groups in total. The average molecular weight is 296 g/mol. The Morgan fingerprint density at radius 3 is 2.37 bits per heavy atom. The van der Waals surface area contributed by atoms with Crippen LogP contribution in [0.5, 0.6) is 0 Å². The van der Waals surface area contributed by atoms with Crippen molar-refractivity contribution in [1.29, 1.82) is 0 Å². The third-order valence-electron chi connectivity index (χ3n) is 3.04. The maximum atomic E-state index is 9.74. The van der Waals surface area contributed by atoms with Gasteiger partial charge in [-0.05, 0) is 36.8 Å². The third kappa shape index (κ3) is 3.21. The van der Waals surface area contributed by atoms with Crippen LogP contribution in [0.3, 0.4) is 0 Å².